The Labute approximate surface area is 192 Å². The average molecular weight is 478 g/mol. The standard InChI is InChI=1S/C23H21Cl2NO4S/c1-3-16-5-9-19(10-6-16)26-15-17-13-21(25)23(22(14-17)29-4-2)30-31(27,28)20-11-7-18(24)8-12-20/h5-15H,3-4H2,1-2H3. The molecule has 0 amide bonds. The second-order valence-electron chi connectivity index (χ2n) is 6.53. The third kappa shape index (κ3) is 6.00. The van der Waals surface area contributed by atoms with E-state index < -0.39 is 10.1 Å². The maximum atomic E-state index is 12.7. The summed E-state index contributed by atoms with van der Waals surface area (Å²) in [6.07, 6.45) is 2.59. The highest BCUT2D eigenvalue weighted by Gasteiger charge is 2.22. The van der Waals surface area contributed by atoms with Gasteiger partial charge in [0.1, 0.15) is 4.90 Å². The molecule has 0 heterocycles. The summed E-state index contributed by atoms with van der Waals surface area (Å²) in [4.78, 5) is 4.40. The molecule has 3 aromatic carbocycles. The fourth-order valence-corrected chi connectivity index (χ4v) is 4.12. The van der Waals surface area contributed by atoms with Crippen LogP contribution in [0.3, 0.4) is 0 Å². The lowest BCUT2D eigenvalue weighted by atomic mass is 10.1. The van der Waals surface area contributed by atoms with Gasteiger partial charge in [0, 0.05) is 11.2 Å². The molecule has 162 valence electrons. The summed E-state index contributed by atoms with van der Waals surface area (Å²) in [5.74, 6) is 0.123. The first kappa shape index (κ1) is 23.1. The van der Waals surface area contributed by atoms with Crippen molar-refractivity contribution in [2.75, 3.05) is 6.61 Å². The minimum Gasteiger partial charge on any atom is -0.490 e. The van der Waals surface area contributed by atoms with Crippen LogP contribution in [0.15, 0.2) is 70.6 Å². The molecular formula is C23H21Cl2NO4S. The average Bonchev–Trinajstić information content (AvgIpc) is 2.75. The summed E-state index contributed by atoms with van der Waals surface area (Å²) >= 11 is 12.2. The summed E-state index contributed by atoms with van der Waals surface area (Å²) in [5, 5.41) is 0.506. The number of hydrogen-bond donors (Lipinski definition) is 0. The lowest BCUT2D eigenvalue weighted by Crippen LogP contribution is -2.11. The molecule has 0 aliphatic carbocycles. The van der Waals surface area contributed by atoms with Gasteiger partial charge in [-0.1, -0.05) is 42.3 Å². The molecule has 5 nitrogen and oxygen atoms in total. The van der Waals surface area contributed by atoms with Crippen molar-refractivity contribution in [3.8, 4) is 11.5 Å². The number of rotatable bonds is 8. The third-order valence-electron chi connectivity index (χ3n) is 4.33. The lowest BCUT2D eigenvalue weighted by Gasteiger charge is -2.14. The molecule has 0 saturated carbocycles. The molecule has 0 atom stereocenters. The van der Waals surface area contributed by atoms with Crippen LogP contribution < -0.4 is 8.92 Å². The summed E-state index contributed by atoms with van der Waals surface area (Å²) in [7, 11) is -4.12. The van der Waals surface area contributed by atoms with E-state index in [0.717, 1.165) is 12.1 Å². The highest BCUT2D eigenvalue weighted by Crippen LogP contribution is 2.38. The van der Waals surface area contributed by atoms with Gasteiger partial charge in [0.15, 0.2) is 5.75 Å². The van der Waals surface area contributed by atoms with Gasteiger partial charge in [-0.2, -0.15) is 8.42 Å². The molecule has 3 aromatic rings. The highest BCUT2D eigenvalue weighted by atomic mass is 35.5. The fourth-order valence-electron chi connectivity index (χ4n) is 2.73. The van der Waals surface area contributed by atoms with Gasteiger partial charge in [0.05, 0.1) is 17.3 Å². The smallest absolute Gasteiger partial charge is 0.339 e. The van der Waals surface area contributed by atoms with Crippen LogP contribution in [-0.4, -0.2) is 21.2 Å². The molecule has 0 N–H and O–H groups in total. The predicted molar refractivity (Wildman–Crippen MR) is 125 cm³/mol. The van der Waals surface area contributed by atoms with Crippen LogP contribution in [0, 0.1) is 0 Å². The maximum absolute atomic E-state index is 12.7. The largest absolute Gasteiger partial charge is 0.490 e. The van der Waals surface area contributed by atoms with Crippen LogP contribution in [0.2, 0.25) is 10.0 Å². The van der Waals surface area contributed by atoms with Crippen molar-refractivity contribution in [2.45, 2.75) is 25.2 Å². The van der Waals surface area contributed by atoms with Crippen molar-refractivity contribution in [2.24, 2.45) is 4.99 Å². The van der Waals surface area contributed by atoms with Crippen LogP contribution >= 0.6 is 23.2 Å². The zero-order valence-electron chi connectivity index (χ0n) is 17.0. The SMILES string of the molecule is CCOc1cc(C=Nc2ccc(CC)cc2)cc(Cl)c1OS(=O)(=O)c1ccc(Cl)cc1. The van der Waals surface area contributed by atoms with Gasteiger partial charge in [-0.3, -0.25) is 4.99 Å². The summed E-state index contributed by atoms with van der Waals surface area (Å²) < 4.78 is 36.2. The second-order valence-corrected chi connectivity index (χ2v) is 8.92. The molecule has 0 unspecified atom stereocenters. The van der Waals surface area contributed by atoms with Crippen LogP contribution in [0.25, 0.3) is 0 Å². The van der Waals surface area contributed by atoms with E-state index in [1.54, 1.807) is 25.3 Å². The molecule has 0 aliphatic rings. The number of ether oxygens (including phenoxy) is 1. The molecule has 0 aliphatic heterocycles. The number of aryl methyl sites for hydroxylation is 1. The molecule has 0 saturated heterocycles. The van der Waals surface area contributed by atoms with E-state index in [0.29, 0.717) is 17.2 Å². The second kappa shape index (κ2) is 10.2. The summed E-state index contributed by atoms with van der Waals surface area (Å²) in [5.41, 5.74) is 2.66. The number of halogens is 2. The van der Waals surface area contributed by atoms with Gasteiger partial charge in [-0.05, 0) is 73.0 Å². The Kier molecular flexibility index (Phi) is 7.59. The predicted octanol–water partition coefficient (Wildman–Crippen LogP) is 6.47. The molecule has 3 rings (SSSR count). The van der Waals surface area contributed by atoms with Crippen molar-refractivity contribution in [1.29, 1.82) is 0 Å². The Balaban J connectivity index is 1.91. The fraction of sp³-hybridized carbons (Fsp3) is 0.174. The minimum absolute atomic E-state index is 0.0448. The van der Waals surface area contributed by atoms with E-state index in [1.807, 2.05) is 24.3 Å². The summed E-state index contributed by atoms with van der Waals surface area (Å²) in [6.45, 7) is 4.17. The molecular weight excluding hydrogens is 457 g/mol. The van der Waals surface area contributed by atoms with Crippen LogP contribution in [0.4, 0.5) is 5.69 Å². The lowest BCUT2D eigenvalue weighted by molar-refractivity contribution is 0.327. The summed E-state index contributed by atoms with van der Waals surface area (Å²) in [6, 6.07) is 16.7. The van der Waals surface area contributed by atoms with Crippen molar-refractivity contribution in [3.63, 3.8) is 0 Å². The Bertz CT molecular complexity index is 1180. The molecule has 8 heteroatoms. The number of hydrogen-bond acceptors (Lipinski definition) is 5. The van der Waals surface area contributed by atoms with Gasteiger partial charge in [0.25, 0.3) is 0 Å². The van der Waals surface area contributed by atoms with Gasteiger partial charge in [-0.15, -0.1) is 0 Å². The van der Waals surface area contributed by atoms with Crippen LogP contribution in [0.5, 0.6) is 11.5 Å². The van der Waals surface area contributed by atoms with E-state index in [9.17, 15) is 8.42 Å². The maximum Gasteiger partial charge on any atom is 0.339 e. The number of nitrogens with zero attached hydrogens (tertiary/aromatic N) is 1. The van der Waals surface area contributed by atoms with Crippen molar-refractivity contribution < 1.29 is 17.3 Å². The zero-order chi connectivity index (χ0) is 22.4. The number of aliphatic imine (C=N–C) groups is 1. The first-order valence-corrected chi connectivity index (χ1v) is 11.8. The molecule has 0 spiro atoms. The molecule has 0 aromatic heterocycles. The molecule has 0 radical (unpaired) electrons. The minimum atomic E-state index is -4.12. The van der Waals surface area contributed by atoms with Crippen LogP contribution in [0.1, 0.15) is 25.0 Å². The molecule has 0 bridgehead atoms. The quantitative estimate of drug-likeness (QED) is 0.275. The molecule has 0 fully saturated rings. The Morgan fingerprint density at radius 1 is 0.968 bits per heavy atom. The van der Waals surface area contributed by atoms with Crippen molar-refractivity contribution in [3.05, 3.63) is 81.8 Å². The normalized spacial score (nSPS) is 11.6. The van der Waals surface area contributed by atoms with E-state index in [1.165, 1.54) is 29.8 Å². The van der Waals surface area contributed by atoms with Gasteiger partial charge in [-0.25, -0.2) is 0 Å². The Morgan fingerprint density at radius 3 is 2.26 bits per heavy atom. The van der Waals surface area contributed by atoms with Crippen molar-refractivity contribution in [1.82, 2.24) is 0 Å². The highest BCUT2D eigenvalue weighted by molar-refractivity contribution is 7.87. The van der Waals surface area contributed by atoms with E-state index in [-0.39, 0.29) is 21.4 Å². The van der Waals surface area contributed by atoms with Gasteiger partial charge < -0.3 is 8.92 Å². The third-order valence-corrected chi connectivity index (χ3v) is 6.10. The Morgan fingerprint density at radius 2 is 1.65 bits per heavy atom. The first-order chi connectivity index (χ1) is 14.8. The topological polar surface area (TPSA) is 65.0 Å². The van der Waals surface area contributed by atoms with E-state index in [4.69, 9.17) is 32.1 Å². The monoisotopic (exact) mass is 477 g/mol. The van der Waals surface area contributed by atoms with Crippen LogP contribution in [-0.2, 0) is 16.5 Å². The molecule has 31 heavy (non-hydrogen) atoms. The number of benzene rings is 3. The van der Waals surface area contributed by atoms with E-state index >= 15 is 0 Å². The van der Waals surface area contributed by atoms with Crippen molar-refractivity contribution >= 4 is 45.2 Å². The van der Waals surface area contributed by atoms with E-state index in [2.05, 4.69) is 11.9 Å². The zero-order valence-corrected chi connectivity index (χ0v) is 19.3. The first-order valence-electron chi connectivity index (χ1n) is 9.61. The Hall–Kier alpha value is -2.54. The van der Waals surface area contributed by atoms with Gasteiger partial charge in [0.2, 0.25) is 5.75 Å². The van der Waals surface area contributed by atoms with Gasteiger partial charge >= 0.3 is 10.1 Å².